The Bertz CT molecular complexity index is 830. The predicted molar refractivity (Wildman–Crippen MR) is 101 cm³/mol. The molecule has 5 heteroatoms. The normalized spacial score (nSPS) is 10.4. The number of hydrogen-bond acceptors (Lipinski definition) is 3. The number of aryl methyl sites for hydroxylation is 1. The first-order chi connectivity index (χ1) is 12.2. The molecule has 0 atom stereocenters. The molecule has 1 amide bonds. The molecule has 0 saturated carbocycles. The highest BCUT2D eigenvalue weighted by molar-refractivity contribution is 9.10. The summed E-state index contributed by atoms with van der Waals surface area (Å²) < 4.78 is 11.6. The molecule has 0 aliphatic heterocycles. The lowest BCUT2D eigenvalue weighted by molar-refractivity contribution is 0.0995. The molecule has 0 aliphatic carbocycles. The predicted octanol–water partition coefficient (Wildman–Crippen LogP) is 5.31. The molecule has 0 radical (unpaired) electrons. The Balaban J connectivity index is 1.56. The van der Waals surface area contributed by atoms with Gasteiger partial charge < -0.3 is 14.5 Å². The van der Waals surface area contributed by atoms with Crippen LogP contribution in [0.3, 0.4) is 0 Å². The van der Waals surface area contributed by atoms with Crippen LogP contribution in [-0.2, 0) is 6.42 Å². The maximum atomic E-state index is 12.2. The highest BCUT2D eigenvalue weighted by Gasteiger charge is 2.13. The van der Waals surface area contributed by atoms with E-state index in [0.717, 1.165) is 12.8 Å². The van der Waals surface area contributed by atoms with E-state index in [-0.39, 0.29) is 11.7 Å². The third-order valence-electron chi connectivity index (χ3n) is 3.64. The minimum atomic E-state index is -0.314. The molecule has 4 nitrogen and oxygen atoms in total. The average Bonchev–Trinajstić information content (AvgIpc) is 3.07. The molecular weight excluding hydrogens is 382 g/mol. The van der Waals surface area contributed by atoms with E-state index in [1.165, 1.54) is 5.56 Å². The van der Waals surface area contributed by atoms with Crippen LogP contribution in [0.4, 0.5) is 5.69 Å². The fourth-order valence-corrected chi connectivity index (χ4v) is 2.73. The van der Waals surface area contributed by atoms with Gasteiger partial charge in [-0.2, -0.15) is 0 Å². The number of carbonyl (C=O) groups excluding carboxylic acids is 1. The van der Waals surface area contributed by atoms with Gasteiger partial charge in [-0.15, -0.1) is 0 Å². The number of halogens is 1. The number of rotatable bonds is 7. The van der Waals surface area contributed by atoms with Crippen LogP contribution >= 0.6 is 15.9 Å². The van der Waals surface area contributed by atoms with E-state index in [4.69, 9.17) is 9.15 Å². The molecule has 0 unspecified atom stereocenters. The van der Waals surface area contributed by atoms with Gasteiger partial charge in [0.25, 0.3) is 5.91 Å². The van der Waals surface area contributed by atoms with E-state index >= 15 is 0 Å². The van der Waals surface area contributed by atoms with Crippen LogP contribution in [0.1, 0.15) is 22.5 Å². The molecule has 1 N–H and O–H groups in total. The third kappa shape index (κ3) is 4.97. The van der Waals surface area contributed by atoms with Gasteiger partial charge in [-0.25, -0.2) is 0 Å². The number of furan rings is 1. The topological polar surface area (TPSA) is 51.5 Å². The molecule has 0 spiro atoms. The smallest absolute Gasteiger partial charge is 0.291 e. The first-order valence-electron chi connectivity index (χ1n) is 8.05. The van der Waals surface area contributed by atoms with Gasteiger partial charge in [0.15, 0.2) is 10.4 Å². The summed E-state index contributed by atoms with van der Waals surface area (Å²) in [6.07, 6.45) is 1.85. The lowest BCUT2D eigenvalue weighted by Crippen LogP contribution is -2.12. The van der Waals surface area contributed by atoms with Crippen molar-refractivity contribution in [2.24, 2.45) is 0 Å². The van der Waals surface area contributed by atoms with Crippen molar-refractivity contribution in [3.63, 3.8) is 0 Å². The van der Waals surface area contributed by atoms with Crippen molar-refractivity contribution in [3.05, 3.63) is 82.7 Å². The number of para-hydroxylation sites is 2. The largest absolute Gasteiger partial charge is 0.491 e. The Hall–Kier alpha value is -2.53. The van der Waals surface area contributed by atoms with Gasteiger partial charge in [0.2, 0.25) is 0 Å². The van der Waals surface area contributed by atoms with Crippen molar-refractivity contribution in [1.29, 1.82) is 0 Å². The zero-order chi connectivity index (χ0) is 17.5. The fraction of sp³-hybridized carbons (Fsp3) is 0.150. The maximum absolute atomic E-state index is 12.2. The quantitative estimate of drug-likeness (QED) is 0.547. The zero-order valence-corrected chi connectivity index (χ0v) is 15.2. The Morgan fingerprint density at radius 2 is 1.76 bits per heavy atom. The van der Waals surface area contributed by atoms with Crippen LogP contribution < -0.4 is 10.1 Å². The summed E-state index contributed by atoms with van der Waals surface area (Å²) in [5, 5.41) is 2.82. The van der Waals surface area contributed by atoms with E-state index in [9.17, 15) is 4.79 Å². The summed E-state index contributed by atoms with van der Waals surface area (Å²) in [6.45, 7) is 0.577. The first-order valence-corrected chi connectivity index (χ1v) is 8.84. The van der Waals surface area contributed by atoms with Gasteiger partial charge >= 0.3 is 0 Å². The van der Waals surface area contributed by atoms with Crippen molar-refractivity contribution >= 4 is 27.5 Å². The van der Waals surface area contributed by atoms with Crippen LogP contribution in [0.5, 0.6) is 5.75 Å². The van der Waals surface area contributed by atoms with E-state index in [1.54, 1.807) is 12.1 Å². The standard InChI is InChI=1S/C20H18BrNO3/c21-19-13-12-18(25-19)20(23)22-16-10-4-5-11-17(16)24-14-6-9-15-7-2-1-3-8-15/h1-5,7-8,10-13H,6,9,14H2,(H,22,23). The van der Waals surface area contributed by atoms with E-state index in [0.29, 0.717) is 22.7 Å². The van der Waals surface area contributed by atoms with Gasteiger partial charge in [-0.3, -0.25) is 4.79 Å². The number of hydrogen-bond donors (Lipinski definition) is 1. The van der Waals surface area contributed by atoms with Crippen molar-refractivity contribution in [2.75, 3.05) is 11.9 Å². The fourth-order valence-electron chi connectivity index (χ4n) is 2.42. The number of ether oxygens (including phenoxy) is 1. The van der Waals surface area contributed by atoms with Crippen molar-refractivity contribution < 1.29 is 13.9 Å². The highest BCUT2D eigenvalue weighted by atomic mass is 79.9. The molecule has 0 bridgehead atoms. The van der Waals surface area contributed by atoms with E-state index in [1.807, 2.05) is 42.5 Å². The number of carbonyl (C=O) groups is 1. The second-order valence-electron chi connectivity index (χ2n) is 5.49. The van der Waals surface area contributed by atoms with Crippen LogP contribution in [0.25, 0.3) is 0 Å². The molecule has 3 aromatic rings. The summed E-state index contributed by atoms with van der Waals surface area (Å²) in [4.78, 5) is 12.2. The molecule has 1 aromatic heterocycles. The summed E-state index contributed by atoms with van der Waals surface area (Å²) in [7, 11) is 0. The number of amides is 1. The minimum absolute atomic E-state index is 0.241. The maximum Gasteiger partial charge on any atom is 0.291 e. The van der Waals surface area contributed by atoms with Gasteiger partial charge in [0.1, 0.15) is 5.75 Å². The summed E-state index contributed by atoms with van der Waals surface area (Å²) >= 11 is 3.19. The molecule has 0 fully saturated rings. The van der Waals surface area contributed by atoms with Crippen LogP contribution in [0.2, 0.25) is 0 Å². The second kappa shape index (κ2) is 8.53. The highest BCUT2D eigenvalue weighted by Crippen LogP contribution is 2.25. The summed E-state index contributed by atoms with van der Waals surface area (Å²) in [5.41, 5.74) is 1.91. The van der Waals surface area contributed by atoms with Gasteiger partial charge in [0.05, 0.1) is 12.3 Å². The Kier molecular flexibility index (Phi) is 5.90. The van der Waals surface area contributed by atoms with Crippen LogP contribution in [0, 0.1) is 0 Å². The Morgan fingerprint density at radius 3 is 2.52 bits per heavy atom. The van der Waals surface area contributed by atoms with Crippen molar-refractivity contribution in [3.8, 4) is 5.75 Å². The third-order valence-corrected chi connectivity index (χ3v) is 4.07. The zero-order valence-electron chi connectivity index (χ0n) is 13.6. The SMILES string of the molecule is O=C(Nc1ccccc1OCCCc1ccccc1)c1ccc(Br)o1. The first kappa shape index (κ1) is 17.3. The van der Waals surface area contributed by atoms with E-state index in [2.05, 4.69) is 33.4 Å². The van der Waals surface area contributed by atoms with Crippen molar-refractivity contribution in [1.82, 2.24) is 0 Å². The molecule has 0 saturated heterocycles. The Labute approximate surface area is 154 Å². The lowest BCUT2D eigenvalue weighted by Gasteiger charge is -2.12. The van der Waals surface area contributed by atoms with Gasteiger partial charge in [-0.1, -0.05) is 42.5 Å². The summed E-state index contributed by atoms with van der Waals surface area (Å²) in [6, 6.07) is 21.0. The second-order valence-corrected chi connectivity index (χ2v) is 6.27. The van der Waals surface area contributed by atoms with Crippen LogP contribution in [0.15, 0.2) is 75.8 Å². The number of anilines is 1. The number of benzene rings is 2. The van der Waals surface area contributed by atoms with Crippen molar-refractivity contribution in [2.45, 2.75) is 12.8 Å². The minimum Gasteiger partial charge on any atom is -0.491 e. The van der Waals surface area contributed by atoms with Crippen LogP contribution in [-0.4, -0.2) is 12.5 Å². The molecule has 3 rings (SSSR count). The number of nitrogens with one attached hydrogen (secondary N) is 1. The average molecular weight is 400 g/mol. The monoisotopic (exact) mass is 399 g/mol. The van der Waals surface area contributed by atoms with Gasteiger partial charge in [0, 0.05) is 0 Å². The van der Waals surface area contributed by atoms with E-state index < -0.39 is 0 Å². The molecule has 2 aromatic carbocycles. The molecule has 25 heavy (non-hydrogen) atoms. The molecule has 0 aliphatic rings. The lowest BCUT2D eigenvalue weighted by atomic mass is 10.1. The molecule has 128 valence electrons. The Morgan fingerprint density at radius 1 is 1.00 bits per heavy atom. The van der Waals surface area contributed by atoms with Gasteiger partial charge in [-0.05, 0) is 58.6 Å². The summed E-state index contributed by atoms with van der Waals surface area (Å²) in [5.74, 6) is 0.575. The molecule has 1 heterocycles. The molecular formula is C20H18BrNO3.